The SMILES string of the molecule is C=CC[C@]1(O)C(=O)C=C2O[C@H](C(C)(C)O)[C@H](O)C[C@@]23[C@@H]2C(=O)[C@@](O)(CC=C)[C@@H](C4=C2OC(C)(C)[C@H](O)C4)[C@H]31. The van der Waals surface area contributed by atoms with Crippen LogP contribution in [0.2, 0.25) is 0 Å². The zero-order valence-electron chi connectivity index (χ0n) is 22.3. The number of rotatable bonds is 5. The summed E-state index contributed by atoms with van der Waals surface area (Å²) in [4.78, 5) is 28.0. The van der Waals surface area contributed by atoms with Gasteiger partial charge in [-0.2, -0.15) is 0 Å². The van der Waals surface area contributed by atoms with E-state index in [0.29, 0.717) is 5.57 Å². The smallest absolute Gasteiger partial charge is 0.191 e. The van der Waals surface area contributed by atoms with Gasteiger partial charge in [0.15, 0.2) is 17.7 Å². The molecule has 6 rings (SSSR count). The van der Waals surface area contributed by atoms with E-state index in [1.165, 1.54) is 26.0 Å². The molecule has 2 heterocycles. The molecule has 1 saturated heterocycles. The third kappa shape index (κ3) is 3.23. The number of ketones is 2. The minimum atomic E-state index is -2.09. The van der Waals surface area contributed by atoms with Crippen molar-refractivity contribution in [2.75, 3.05) is 0 Å². The first-order valence-corrected chi connectivity index (χ1v) is 13.1. The highest BCUT2D eigenvalue weighted by atomic mass is 16.5. The lowest BCUT2D eigenvalue weighted by atomic mass is 9.37. The third-order valence-electron chi connectivity index (χ3n) is 9.57. The van der Waals surface area contributed by atoms with Crippen LogP contribution in [0.5, 0.6) is 0 Å². The second kappa shape index (κ2) is 8.11. The molecule has 2 bridgehead atoms. The summed E-state index contributed by atoms with van der Waals surface area (Å²) in [5, 5.41) is 57.2. The fourth-order valence-corrected chi connectivity index (χ4v) is 7.93. The van der Waals surface area contributed by atoms with E-state index in [0.717, 1.165) is 6.08 Å². The van der Waals surface area contributed by atoms with Gasteiger partial charge in [-0.15, -0.1) is 13.2 Å². The van der Waals surface area contributed by atoms with E-state index < -0.39 is 75.5 Å². The molecule has 0 unspecified atom stereocenters. The van der Waals surface area contributed by atoms with Crippen LogP contribution in [-0.2, 0) is 19.1 Å². The Labute approximate surface area is 222 Å². The van der Waals surface area contributed by atoms with Crippen LogP contribution in [0.25, 0.3) is 0 Å². The van der Waals surface area contributed by atoms with Gasteiger partial charge >= 0.3 is 0 Å². The number of allylic oxidation sites excluding steroid dienone is 2. The molecule has 0 amide bonds. The molecule has 9 heteroatoms. The standard InChI is InChI=1S/C29H38O9/c1-7-9-28(35)17(32)12-18-27(13-15(30)24(37-18)25(3,4)34)20-21-14(11-16(31)26(5,6)38-21)19(22(27)28)29(36,10-8-2)23(20)33/h7-8,12,15-16,19-20,22,24,30-31,34-36H,1-2,9-11,13H2,3-6H3/t15-,16-,19+,20+,22-,24+,27+,28+,29-/m1/s1. The molecule has 9 atom stereocenters. The van der Waals surface area contributed by atoms with Crippen LogP contribution in [0.1, 0.15) is 53.4 Å². The van der Waals surface area contributed by atoms with Crippen molar-refractivity contribution < 1.29 is 44.6 Å². The van der Waals surface area contributed by atoms with Gasteiger partial charge in [-0.3, -0.25) is 9.59 Å². The predicted molar refractivity (Wildman–Crippen MR) is 135 cm³/mol. The maximum absolute atomic E-state index is 14.3. The van der Waals surface area contributed by atoms with Crippen molar-refractivity contribution in [3.63, 3.8) is 0 Å². The van der Waals surface area contributed by atoms with Crippen molar-refractivity contribution in [1.82, 2.24) is 0 Å². The van der Waals surface area contributed by atoms with Gasteiger partial charge in [0, 0.05) is 37.2 Å². The molecule has 0 aromatic heterocycles. The zero-order chi connectivity index (χ0) is 28.2. The van der Waals surface area contributed by atoms with Crippen LogP contribution in [0, 0.1) is 23.2 Å². The number of fused-ring (bicyclic) bond motifs is 1. The van der Waals surface area contributed by atoms with Gasteiger partial charge in [0.05, 0.1) is 29.1 Å². The Morgan fingerprint density at radius 1 is 1.11 bits per heavy atom. The van der Waals surface area contributed by atoms with Gasteiger partial charge in [-0.1, -0.05) is 12.2 Å². The number of Topliss-reactive ketones (excluding diaryl/α,β-unsaturated/α-hetero) is 1. The Balaban J connectivity index is 1.84. The van der Waals surface area contributed by atoms with Crippen molar-refractivity contribution in [2.45, 2.75) is 94.1 Å². The molecule has 208 valence electrons. The molecule has 0 aromatic carbocycles. The van der Waals surface area contributed by atoms with E-state index in [-0.39, 0.29) is 37.2 Å². The monoisotopic (exact) mass is 530 g/mol. The number of carbonyl (C=O) groups is 2. The van der Waals surface area contributed by atoms with Gasteiger partial charge in [0.1, 0.15) is 28.3 Å². The minimum Gasteiger partial charge on any atom is -0.489 e. The normalized spacial score (nSPS) is 45.2. The number of ether oxygens (including phenoxy) is 2. The summed E-state index contributed by atoms with van der Waals surface area (Å²) in [5.74, 6) is -4.41. The lowest BCUT2D eigenvalue weighted by Crippen LogP contribution is -2.77. The van der Waals surface area contributed by atoms with E-state index in [1.54, 1.807) is 13.8 Å². The number of hydrogen-bond donors (Lipinski definition) is 5. The Hall–Kier alpha value is -2.30. The maximum Gasteiger partial charge on any atom is 0.191 e. The fraction of sp³-hybridized carbons (Fsp3) is 0.655. The molecule has 5 N–H and O–H groups in total. The quantitative estimate of drug-likeness (QED) is 0.330. The highest BCUT2D eigenvalue weighted by Crippen LogP contribution is 2.72. The predicted octanol–water partition coefficient (Wildman–Crippen LogP) is 1.23. The first-order chi connectivity index (χ1) is 17.5. The van der Waals surface area contributed by atoms with Crippen LogP contribution in [0.3, 0.4) is 0 Å². The molecule has 38 heavy (non-hydrogen) atoms. The average molecular weight is 531 g/mol. The highest BCUT2D eigenvalue weighted by molar-refractivity contribution is 6.03. The number of carbonyl (C=O) groups excluding carboxylic acids is 2. The molecule has 1 spiro atoms. The molecule has 2 aliphatic heterocycles. The molecular formula is C29H38O9. The molecule has 4 aliphatic carbocycles. The molecule has 1 saturated carbocycles. The van der Waals surface area contributed by atoms with Crippen molar-refractivity contribution in [1.29, 1.82) is 0 Å². The molecule has 0 aromatic rings. The largest absolute Gasteiger partial charge is 0.489 e. The molecule has 0 radical (unpaired) electrons. The summed E-state index contributed by atoms with van der Waals surface area (Å²) in [5.41, 5.74) is -7.67. The summed E-state index contributed by atoms with van der Waals surface area (Å²) in [6, 6.07) is 0. The second-order valence-electron chi connectivity index (χ2n) is 12.8. The lowest BCUT2D eigenvalue weighted by molar-refractivity contribution is -0.253. The van der Waals surface area contributed by atoms with Gasteiger partial charge in [0.2, 0.25) is 0 Å². The minimum absolute atomic E-state index is 0.0654. The van der Waals surface area contributed by atoms with Crippen molar-refractivity contribution >= 4 is 11.6 Å². The van der Waals surface area contributed by atoms with Crippen molar-refractivity contribution in [3.8, 4) is 0 Å². The van der Waals surface area contributed by atoms with Crippen LogP contribution in [0.4, 0.5) is 0 Å². The van der Waals surface area contributed by atoms with Gasteiger partial charge in [-0.25, -0.2) is 0 Å². The summed E-state index contributed by atoms with van der Waals surface area (Å²) < 4.78 is 12.5. The van der Waals surface area contributed by atoms with Crippen molar-refractivity contribution in [3.05, 3.63) is 48.5 Å². The molecule has 2 fully saturated rings. The third-order valence-corrected chi connectivity index (χ3v) is 9.57. The van der Waals surface area contributed by atoms with Crippen LogP contribution in [-0.4, -0.2) is 77.8 Å². The van der Waals surface area contributed by atoms with E-state index in [1.807, 2.05) is 0 Å². The summed E-state index contributed by atoms with van der Waals surface area (Å²) in [6.45, 7) is 13.8. The Kier molecular flexibility index (Phi) is 5.82. The van der Waals surface area contributed by atoms with E-state index in [4.69, 9.17) is 9.47 Å². The number of aliphatic hydroxyl groups is 5. The van der Waals surface area contributed by atoms with Gasteiger partial charge in [-0.05, 0) is 39.7 Å². The topological polar surface area (TPSA) is 154 Å². The highest BCUT2D eigenvalue weighted by Gasteiger charge is 2.79. The van der Waals surface area contributed by atoms with E-state index in [2.05, 4.69) is 13.2 Å². The summed E-state index contributed by atoms with van der Waals surface area (Å²) in [6.07, 6.45) is 0.228. The molecule has 6 aliphatic rings. The van der Waals surface area contributed by atoms with E-state index >= 15 is 0 Å². The first-order valence-electron chi connectivity index (χ1n) is 13.1. The van der Waals surface area contributed by atoms with Crippen LogP contribution >= 0.6 is 0 Å². The second-order valence-corrected chi connectivity index (χ2v) is 12.8. The molecule has 9 nitrogen and oxygen atoms in total. The van der Waals surface area contributed by atoms with Crippen molar-refractivity contribution in [2.24, 2.45) is 23.2 Å². The fourth-order valence-electron chi connectivity index (χ4n) is 7.93. The van der Waals surface area contributed by atoms with E-state index in [9.17, 15) is 35.1 Å². The van der Waals surface area contributed by atoms with Crippen LogP contribution in [0.15, 0.2) is 48.5 Å². The van der Waals surface area contributed by atoms with Crippen LogP contribution < -0.4 is 0 Å². The average Bonchev–Trinajstić information content (AvgIpc) is 2.78. The Morgan fingerprint density at radius 2 is 1.71 bits per heavy atom. The summed E-state index contributed by atoms with van der Waals surface area (Å²) in [7, 11) is 0. The van der Waals surface area contributed by atoms with Gasteiger partial charge in [0.25, 0.3) is 0 Å². The maximum atomic E-state index is 14.3. The van der Waals surface area contributed by atoms with Gasteiger partial charge < -0.3 is 35.0 Å². The zero-order valence-corrected chi connectivity index (χ0v) is 22.3. The lowest BCUT2D eigenvalue weighted by Gasteiger charge is -2.69. The summed E-state index contributed by atoms with van der Waals surface area (Å²) >= 11 is 0. The number of hydrogen-bond acceptors (Lipinski definition) is 9. The first kappa shape index (κ1) is 27.3. The number of aliphatic hydroxyl groups excluding tert-OH is 2. The molecular weight excluding hydrogens is 492 g/mol. The Bertz CT molecular complexity index is 1170. The Morgan fingerprint density at radius 3 is 2.29 bits per heavy atom.